The molecule has 9 aromatic carbocycles. The molecular formula is C100H117B2Br3ClN9O15. The normalized spacial score (nSPS) is 21.5. The van der Waals surface area contributed by atoms with Crippen LogP contribution in [0.4, 0.5) is 60.8 Å². The van der Waals surface area contributed by atoms with Gasteiger partial charge in [-0.3, -0.25) is 14.4 Å². The molecule has 3 unspecified atom stereocenters. The number of piperidine rings is 3. The molecule has 0 saturated carbocycles. The molecule has 5 N–H and O–H groups in total. The molecular weight excluding hydrogens is 1860 g/mol. The number of benzene rings is 9. The number of ether oxygens (including phenoxy) is 7. The van der Waals surface area contributed by atoms with Crippen LogP contribution in [0.15, 0.2) is 182 Å². The molecule has 7 saturated heterocycles. The second-order valence-electron chi connectivity index (χ2n) is 37.3. The maximum Gasteiger partial charge on any atom is 0.496 e. The maximum absolute atomic E-state index is 13.1. The molecule has 0 radical (unpaired) electrons. The van der Waals surface area contributed by atoms with Crippen LogP contribution in [-0.4, -0.2) is 146 Å². The van der Waals surface area contributed by atoms with Crippen molar-refractivity contribution in [2.24, 2.45) is 0 Å². The number of para-hydroxylation sites is 6. The van der Waals surface area contributed by atoms with Gasteiger partial charge in [0, 0.05) is 120 Å². The lowest BCUT2D eigenvalue weighted by Crippen LogP contribution is -2.53. The molecule has 24 nitrogen and oxygen atoms in total. The number of methoxy groups -OCH3 is 2. The second kappa shape index (κ2) is 39.7. The van der Waals surface area contributed by atoms with Crippen molar-refractivity contribution in [3.63, 3.8) is 0 Å². The molecule has 5 amide bonds. The van der Waals surface area contributed by atoms with Crippen LogP contribution in [-0.2, 0) is 33.2 Å². The first-order chi connectivity index (χ1) is 61.4. The van der Waals surface area contributed by atoms with E-state index in [0.29, 0.717) is 57.6 Å². The van der Waals surface area contributed by atoms with Gasteiger partial charge in [0.2, 0.25) is 17.7 Å². The molecule has 0 aliphatic carbocycles. The lowest BCUT2D eigenvalue weighted by atomic mass is 9.78. The number of carbonyl (C=O) groups excluding carboxylic acids is 5. The van der Waals surface area contributed by atoms with Crippen molar-refractivity contribution < 1.29 is 71.5 Å². The van der Waals surface area contributed by atoms with Gasteiger partial charge >= 0.3 is 22.5 Å². The molecule has 0 spiro atoms. The van der Waals surface area contributed by atoms with Gasteiger partial charge in [-0.05, 0) is 248 Å². The first kappa shape index (κ1) is 95.9. The minimum absolute atomic E-state index is 0. The van der Waals surface area contributed by atoms with E-state index in [1.54, 1.807) is 20.3 Å². The van der Waals surface area contributed by atoms with Gasteiger partial charge in [-0.2, -0.15) is 0 Å². The summed E-state index contributed by atoms with van der Waals surface area (Å²) in [5.74, 6) is 5.19. The molecule has 10 aliphatic rings. The first-order valence-corrected chi connectivity index (χ1v) is 47.3. The number of hydrogen-bond acceptors (Lipinski definition) is 19. The summed E-state index contributed by atoms with van der Waals surface area (Å²) in [4.78, 5) is 71.9. The third kappa shape index (κ3) is 21.2. The van der Waals surface area contributed by atoms with Crippen molar-refractivity contribution in [2.75, 3.05) is 44.9 Å². The highest BCUT2D eigenvalue weighted by Crippen LogP contribution is 2.59. The van der Waals surface area contributed by atoms with E-state index in [-0.39, 0.29) is 93.7 Å². The Morgan fingerprint density at radius 3 is 1.22 bits per heavy atom. The van der Waals surface area contributed by atoms with Gasteiger partial charge in [0.25, 0.3) is 0 Å². The Bertz CT molecular complexity index is 5620. The van der Waals surface area contributed by atoms with Crippen LogP contribution >= 0.6 is 58.9 Å². The highest BCUT2D eigenvalue weighted by Gasteiger charge is 2.54. The number of hydrogen-bond donors (Lipinski definition) is 5. The number of nitrogens with zero attached hydrogens (tertiary/aromatic N) is 5. The van der Waals surface area contributed by atoms with E-state index in [0.717, 1.165) is 155 Å². The zero-order valence-electron chi connectivity index (χ0n) is 75.6. The Morgan fingerprint density at radius 2 is 0.808 bits per heavy atom. The molecule has 9 aromatic rings. The number of carbonyl (C=O) groups is 5. The Balaban J connectivity index is 0.000000141. The second-order valence-corrected chi connectivity index (χ2v) is 44.1. The summed E-state index contributed by atoms with van der Waals surface area (Å²) in [6.07, 6.45) is 11.5. The first-order valence-electron chi connectivity index (χ1n) is 44.2. The fourth-order valence-electron chi connectivity index (χ4n) is 19.5. The third-order valence-corrected chi connectivity index (χ3v) is 25.6. The van der Waals surface area contributed by atoms with Crippen molar-refractivity contribution in [1.82, 2.24) is 15.1 Å². The van der Waals surface area contributed by atoms with Gasteiger partial charge in [-0.15, -0.1) is 47.3 Å². The number of phenols is 1. The number of phenolic OH excluding ortho intramolecular Hbond substituents is 1. The fraction of sp³-hybridized carbons (Fsp3) is 0.410. The standard InChI is InChI=1S/C33H37N3O5.C27H27N3O3.C25H29ClN2O4.C14H20BNO3.CH4.BBr3/c1-20(37)34-26-10-7-6-9-25(26)21-13-16-27-30(17-21)40-31-28(11-8-12-29(31)39-5)36(27)24-18-22-14-15-23(19-24)35(22)32(38)41-33(2,3)4;1-16(31)28-22-6-3-2-5-21(22)17-9-12-23-26(13-17)33-27-24(7-4-8-25(27)32)30(23)20-14-18-10-11-19(15-20)29-18;1-25(2,3)32-24(29)27-16-9-10-17(27)14-18(13-16)28-19-11-8-15(26)12-22(19)31-23-20(28)6-5-7-21(23)30-4;1-10(17)16-12-9-7-6-8-11(12)15-18-13(2,3)14(4,5)19-15;;2-1(3)4/h6-13,16-17,22-24H,14-15,18-19H2,1-5H3,(H,34,37);2-9,12-13,18-20,29,32H,10-11,14-15H2,1H3,(H,28,31);5-8,11-12,16-18H,9-10,13-14H2,1-4H3;6-9H,1-5H3,(H,16,17);1H4;/t22-,23+,24?;18-,19+,20?;16-,17+,18?;;;. The number of anilines is 9. The molecule has 30 heteroatoms. The summed E-state index contributed by atoms with van der Waals surface area (Å²) in [6, 6.07) is 61.1. The van der Waals surface area contributed by atoms with E-state index < -0.39 is 18.3 Å². The van der Waals surface area contributed by atoms with Crippen LogP contribution in [0.25, 0.3) is 22.3 Å². The molecule has 6 bridgehead atoms. The lowest BCUT2D eigenvalue weighted by Gasteiger charge is -2.46. The predicted molar refractivity (Wildman–Crippen MR) is 529 cm³/mol. The van der Waals surface area contributed by atoms with Crippen LogP contribution in [0.3, 0.4) is 0 Å². The lowest BCUT2D eigenvalue weighted by molar-refractivity contribution is -0.115. The van der Waals surface area contributed by atoms with E-state index in [1.165, 1.54) is 33.6 Å². The molecule has 10 heterocycles. The van der Waals surface area contributed by atoms with E-state index in [2.05, 4.69) is 120 Å². The van der Waals surface area contributed by atoms with Crippen molar-refractivity contribution in [2.45, 2.75) is 251 Å². The van der Waals surface area contributed by atoms with Crippen LogP contribution in [0.5, 0.6) is 51.7 Å². The van der Waals surface area contributed by atoms with Crippen LogP contribution in [0, 0.1) is 0 Å². The van der Waals surface area contributed by atoms with Crippen LogP contribution in [0.1, 0.15) is 174 Å². The van der Waals surface area contributed by atoms with Crippen molar-refractivity contribution in [3.05, 3.63) is 187 Å². The van der Waals surface area contributed by atoms with Crippen molar-refractivity contribution in [1.29, 1.82) is 0 Å². The molecule has 19 rings (SSSR count). The van der Waals surface area contributed by atoms with Gasteiger partial charge in [-0.1, -0.05) is 104 Å². The van der Waals surface area contributed by atoms with E-state index >= 15 is 0 Å². The molecule has 10 aliphatic heterocycles. The third-order valence-electron chi connectivity index (χ3n) is 25.4. The molecule has 686 valence electrons. The van der Waals surface area contributed by atoms with Crippen LogP contribution in [0.2, 0.25) is 5.02 Å². The average molecular weight is 1980 g/mol. The summed E-state index contributed by atoms with van der Waals surface area (Å²) < 4.78 is 54.2. The smallest absolute Gasteiger partial charge is 0.496 e. The zero-order chi connectivity index (χ0) is 91.9. The summed E-state index contributed by atoms with van der Waals surface area (Å²) in [7, 11) is 2.84. The average Bonchev–Trinajstić information content (AvgIpc) is 1.21. The van der Waals surface area contributed by atoms with E-state index in [9.17, 15) is 29.1 Å². The number of halogens is 4. The van der Waals surface area contributed by atoms with E-state index in [1.807, 2.05) is 219 Å². The molecule has 0 aromatic heterocycles. The highest BCUT2D eigenvalue weighted by molar-refractivity contribution is 9.69. The van der Waals surface area contributed by atoms with Gasteiger partial charge in [0.1, 0.15) is 11.2 Å². The Labute approximate surface area is 793 Å². The predicted octanol–water partition coefficient (Wildman–Crippen LogP) is 24.3. The van der Waals surface area contributed by atoms with Gasteiger partial charge < -0.3 is 93.3 Å². The van der Waals surface area contributed by atoms with Gasteiger partial charge in [0.15, 0.2) is 51.7 Å². The number of fused-ring (bicyclic) bond motifs is 12. The Hall–Kier alpha value is -10.1. The fourth-order valence-corrected chi connectivity index (χ4v) is 19.7. The summed E-state index contributed by atoms with van der Waals surface area (Å²) >= 11 is 15.6. The number of nitrogens with one attached hydrogen (secondary N) is 4. The van der Waals surface area contributed by atoms with Crippen molar-refractivity contribution >= 4 is 156 Å². The minimum atomic E-state index is -0.526. The quantitative estimate of drug-likeness (QED) is 0.0755. The topological polar surface area (TPSA) is 253 Å². The highest BCUT2D eigenvalue weighted by atomic mass is 79.9. The summed E-state index contributed by atoms with van der Waals surface area (Å²) in [5, 5.41) is 23.6. The van der Waals surface area contributed by atoms with E-state index in [4.69, 9.17) is 54.1 Å². The summed E-state index contributed by atoms with van der Waals surface area (Å²) in [5.41, 5.74) is 10.8. The Kier molecular flexibility index (Phi) is 29.3. The molecule has 9 atom stereocenters. The molecule has 130 heavy (non-hydrogen) atoms. The molecule has 7 fully saturated rings. The Morgan fingerprint density at radius 1 is 0.454 bits per heavy atom. The van der Waals surface area contributed by atoms with Crippen molar-refractivity contribution in [3.8, 4) is 74.0 Å². The maximum atomic E-state index is 13.1. The number of aromatic hydroxyl groups is 1. The largest absolute Gasteiger partial charge is 0.504 e. The monoisotopic (exact) mass is 1980 g/mol. The van der Waals surface area contributed by atoms with Gasteiger partial charge in [0.05, 0.1) is 59.5 Å². The SMILES string of the molecule is BrB(Br)Br.C.CC(=O)Nc1ccccc1-c1ccc2c(c1)Oc1c(O)cccc1N2C1C[C@H]2CC[C@@H](C1)N2.CC(=O)Nc1ccccc1B1OC(C)(C)C(C)(C)O1.COc1cccc2c1Oc1cc(-c3ccccc3NC(C)=O)ccc1N2C1C[C@H]2CC[C@@H](C1)N2C(=O)OC(C)(C)C.COc1cccc2c1Oc1cc(Cl)ccc1N2C1C[C@H]2CC[C@@H](C1)N2C(=O)OC(C)(C)C. The number of rotatable bonds is 11. The van der Waals surface area contributed by atoms with Gasteiger partial charge in [-0.25, -0.2) is 9.59 Å². The minimum Gasteiger partial charge on any atom is -0.504 e. The zero-order valence-corrected chi connectivity index (χ0v) is 81.1. The summed E-state index contributed by atoms with van der Waals surface area (Å²) in [6.45, 7) is 24.0. The van der Waals surface area contributed by atoms with Crippen LogP contribution < -0.4 is 65.1 Å². The number of amides is 5.